The van der Waals surface area contributed by atoms with Gasteiger partial charge in [0.1, 0.15) is 0 Å². The molecule has 0 aromatic carbocycles. The smallest absolute Gasteiger partial charge is 0.0437 e. The Balaban J connectivity index is 0. The Morgan fingerprint density at radius 1 is 0.786 bits per heavy atom. The van der Waals surface area contributed by atoms with Gasteiger partial charge >= 0.3 is 0 Å². The molecular formula is C12H27BrO. The molecule has 0 aliphatic heterocycles. The summed E-state index contributed by atoms with van der Waals surface area (Å²) in [5, 5.41) is 1.18. The van der Waals surface area contributed by atoms with Crippen LogP contribution in [0.1, 0.15) is 59.3 Å². The number of hydrogen-bond donors (Lipinski definition) is 0. The number of ether oxygens (including phenoxy) is 1. The molecule has 0 amide bonds. The van der Waals surface area contributed by atoms with Crippen molar-refractivity contribution in [1.29, 1.82) is 0 Å². The maximum absolute atomic E-state index is 4.83. The quantitative estimate of drug-likeness (QED) is 0.454. The molecule has 0 radical (unpaired) electrons. The summed E-state index contributed by atoms with van der Waals surface area (Å²) in [6.07, 6.45) is 8.40. The van der Waals surface area contributed by atoms with Gasteiger partial charge in [-0.05, 0) is 20.3 Å². The zero-order chi connectivity index (χ0) is 11.1. The average Bonchev–Trinajstić information content (AvgIpc) is 2.20. The van der Waals surface area contributed by atoms with Crippen LogP contribution in [0.25, 0.3) is 0 Å². The van der Waals surface area contributed by atoms with Crippen molar-refractivity contribution in [3.8, 4) is 0 Å². The lowest BCUT2D eigenvalue weighted by Gasteiger charge is -1.95. The molecule has 88 valence electrons. The van der Waals surface area contributed by atoms with E-state index in [4.69, 9.17) is 4.74 Å². The molecule has 0 saturated heterocycles. The van der Waals surface area contributed by atoms with E-state index in [1.807, 2.05) is 13.8 Å². The van der Waals surface area contributed by atoms with Crippen molar-refractivity contribution >= 4 is 15.9 Å². The van der Waals surface area contributed by atoms with Gasteiger partial charge in [0, 0.05) is 18.5 Å². The van der Waals surface area contributed by atoms with E-state index < -0.39 is 0 Å². The summed E-state index contributed by atoms with van der Waals surface area (Å²) >= 11 is 3.42. The van der Waals surface area contributed by atoms with Gasteiger partial charge in [0.15, 0.2) is 0 Å². The van der Waals surface area contributed by atoms with Crippen LogP contribution in [0.5, 0.6) is 0 Å². The normalized spacial score (nSPS) is 9.43. The van der Waals surface area contributed by atoms with Gasteiger partial charge < -0.3 is 4.74 Å². The van der Waals surface area contributed by atoms with Crippen molar-refractivity contribution < 1.29 is 4.74 Å². The minimum atomic E-state index is 0.844. The Hall–Kier alpha value is 0.440. The largest absolute Gasteiger partial charge is 0.382 e. The van der Waals surface area contributed by atoms with Gasteiger partial charge in [0.2, 0.25) is 0 Å². The predicted molar refractivity (Wildman–Crippen MR) is 69.3 cm³/mol. The maximum atomic E-state index is 4.83. The summed E-state index contributed by atoms with van der Waals surface area (Å²) in [4.78, 5) is 0. The number of halogens is 1. The first-order chi connectivity index (χ1) is 6.83. The highest BCUT2D eigenvalue weighted by Crippen LogP contribution is 2.05. The molecule has 0 N–H and O–H groups in total. The lowest BCUT2D eigenvalue weighted by molar-refractivity contribution is 0.162. The molecule has 0 aliphatic carbocycles. The first-order valence-corrected chi connectivity index (χ1v) is 7.09. The summed E-state index contributed by atoms with van der Waals surface area (Å²) < 4.78 is 4.83. The molecule has 0 aromatic rings. The van der Waals surface area contributed by atoms with Crippen LogP contribution in [-0.2, 0) is 4.74 Å². The molecule has 0 aromatic heterocycles. The zero-order valence-corrected chi connectivity index (χ0v) is 11.7. The van der Waals surface area contributed by atoms with Crippen LogP contribution >= 0.6 is 15.9 Å². The van der Waals surface area contributed by atoms with E-state index >= 15 is 0 Å². The van der Waals surface area contributed by atoms with Crippen LogP contribution in [0, 0.1) is 0 Å². The molecule has 0 rings (SSSR count). The Kier molecular flexibility index (Phi) is 23.0. The first-order valence-electron chi connectivity index (χ1n) is 5.97. The Labute approximate surface area is 98.7 Å². The van der Waals surface area contributed by atoms with Gasteiger partial charge in [-0.15, -0.1) is 0 Å². The molecule has 0 atom stereocenters. The van der Waals surface area contributed by atoms with E-state index in [2.05, 4.69) is 22.9 Å². The topological polar surface area (TPSA) is 9.23 Å². The monoisotopic (exact) mass is 266 g/mol. The average molecular weight is 267 g/mol. The molecule has 14 heavy (non-hydrogen) atoms. The van der Waals surface area contributed by atoms with Gasteiger partial charge in [-0.1, -0.05) is 55.0 Å². The fourth-order valence-corrected chi connectivity index (χ4v) is 1.48. The molecular weight excluding hydrogens is 240 g/mol. The summed E-state index contributed by atoms with van der Waals surface area (Å²) in [5.41, 5.74) is 0. The third-order valence-electron chi connectivity index (χ3n) is 1.90. The molecule has 2 heteroatoms. The minimum Gasteiger partial charge on any atom is -0.382 e. The van der Waals surface area contributed by atoms with Crippen molar-refractivity contribution in [2.45, 2.75) is 59.3 Å². The molecule has 0 aliphatic rings. The summed E-state index contributed by atoms with van der Waals surface area (Å²) in [6.45, 7) is 7.92. The van der Waals surface area contributed by atoms with Crippen molar-refractivity contribution in [2.75, 3.05) is 18.5 Å². The highest BCUT2D eigenvalue weighted by Gasteiger charge is 1.86. The fourth-order valence-electron chi connectivity index (χ4n) is 1.08. The SMILES string of the molecule is CCCCCCCCBr.CCOCC. The van der Waals surface area contributed by atoms with Crippen LogP contribution in [0.15, 0.2) is 0 Å². The van der Waals surface area contributed by atoms with Crippen LogP contribution < -0.4 is 0 Å². The number of hydrogen-bond acceptors (Lipinski definition) is 1. The summed E-state index contributed by atoms with van der Waals surface area (Å²) in [6, 6.07) is 0. The van der Waals surface area contributed by atoms with E-state index in [-0.39, 0.29) is 0 Å². The molecule has 0 heterocycles. The van der Waals surface area contributed by atoms with E-state index in [9.17, 15) is 0 Å². The van der Waals surface area contributed by atoms with Gasteiger partial charge in [0.25, 0.3) is 0 Å². The third kappa shape index (κ3) is 22.9. The predicted octanol–water partition coefficient (Wildman–Crippen LogP) is 4.78. The van der Waals surface area contributed by atoms with Crippen LogP contribution in [0.3, 0.4) is 0 Å². The second-order valence-electron chi connectivity index (χ2n) is 3.24. The second kappa shape index (κ2) is 19.1. The van der Waals surface area contributed by atoms with Crippen molar-refractivity contribution in [1.82, 2.24) is 0 Å². The maximum Gasteiger partial charge on any atom is 0.0437 e. The molecule has 0 spiro atoms. The Bertz CT molecular complexity index is 68.7. The zero-order valence-electron chi connectivity index (χ0n) is 10.2. The van der Waals surface area contributed by atoms with Gasteiger partial charge in [-0.2, -0.15) is 0 Å². The number of alkyl halides is 1. The van der Waals surface area contributed by atoms with E-state index in [0.717, 1.165) is 13.2 Å². The van der Waals surface area contributed by atoms with Gasteiger partial charge in [0.05, 0.1) is 0 Å². The van der Waals surface area contributed by atoms with Crippen LogP contribution in [0.2, 0.25) is 0 Å². The van der Waals surface area contributed by atoms with Crippen LogP contribution in [-0.4, -0.2) is 18.5 Å². The number of unbranched alkanes of at least 4 members (excludes halogenated alkanes) is 5. The lowest BCUT2D eigenvalue weighted by atomic mass is 10.1. The molecule has 0 fully saturated rings. The Morgan fingerprint density at radius 2 is 1.29 bits per heavy atom. The fraction of sp³-hybridized carbons (Fsp3) is 1.00. The van der Waals surface area contributed by atoms with Crippen molar-refractivity contribution in [3.63, 3.8) is 0 Å². The number of rotatable bonds is 8. The standard InChI is InChI=1S/C8H17Br.C4H10O/c1-2-3-4-5-6-7-8-9;1-3-5-4-2/h2-8H2,1H3;3-4H2,1-2H3. The molecule has 0 bridgehead atoms. The Morgan fingerprint density at radius 3 is 1.64 bits per heavy atom. The molecule has 1 nitrogen and oxygen atoms in total. The highest BCUT2D eigenvalue weighted by atomic mass is 79.9. The summed E-state index contributed by atoms with van der Waals surface area (Å²) in [5.74, 6) is 0. The van der Waals surface area contributed by atoms with Gasteiger partial charge in [-0.3, -0.25) is 0 Å². The van der Waals surface area contributed by atoms with Crippen LogP contribution in [0.4, 0.5) is 0 Å². The molecule has 0 saturated carbocycles. The summed E-state index contributed by atoms with van der Waals surface area (Å²) in [7, 11) is 0. The molecule has 0 unspecified atom stereocenters. The third-order valence-corrected chi connectivity index (χ3v) is 2.46. The second-order valence-corrected chi connectivity index (χ2v) is 4.03. The highest BCUT2D eigenvalue weighted by molar-refractivity contribution is 9.09. The lowest BCUT2D eigenvalue weighted by Crippen LogP contribution is -1.84. The van der Waals surface area contributed by atoms with E-state index in [1.54, 1.807) is 0 Å². The van der Waals surface area contributed by atoms with Crippen molar-refractivity contribution in [3.05, 3.63) is 0 Å². The van der Waals surface area contributed by atoms with Gasteiger partial charge in [-0.25, -0.2) is 0 Å². The van der Waals surface area contributed by atoms with Crippen molar-refractivity contribution in [2.24, 2.45) is 0 Å². The van der Waals surface area contributed by atoms with E-state index in [1.165, 1.54) is 43.9 Å². The first kappa shape index (κ1) is 16.9. The van der Waals surface area contributed by atoms with E-state index in [0.29, 0.717) is 0 Å². The minimum absolute atomic E-state index is 0.844.